The smallest absolute Gasteiger partial charge is 0.234 e. The standard InChI is InChI=1S/C13H20N2O2S/c1-3-17-12-7-5-4-6-11(12)15-13(16)9-18-10(2)8-14/h4-7,10H,3,8-9,14H2,1-2H3,(H,15,16). The van der Waals surface area contributed by atoms with E-state index in [9.17, 15) is 4.79 Å². The molecule has 18 heavy (non-hydrogen) atoms. The van der Waals surface area contributed by atoms with E-state index in [0.717, 1.165) is 0 Å². The molecule has 0 saturated carbocycles. The number of carbonyl (C=O) groups excluding carboxylic acids is 1. The minimum Gasteiger partial charge on any atom is -0.492 e. The van der Waals surface area contributed by atoms with Crippen molar-refractivity contribution < 1.29 is 9.53 Å². The zero-order valence-electron chi connectivity index (χ0n) is 10.8. The van der Waals surface area contributed by atoms with Gasteiger partial charge in [-0.3, -0.25) is 4.79 Å². The molecule has 0 heterocycles. The van der Waals surface area contributed by atoms with Gasteiger partial charge in [-0.1, -0.05) is 19.1 Å². The van der Waals surface area contributed by atoms with Crippen LogP contribution in [0, 0.1) is 0 Å². The Morgan fingerprint density at radius 3 is 2.89 bits per heavy atom. The van der Waals surface area contributed by atoms with E-state index >= 15 is 0 Å². The number of carbonyl (C=O) groups is 1. The van der Waals surface area contributed by atoms with Gasteiger partial charge in [-0.15, -0.1) is 11.8 Å². The molecule has 5 heteroatoms. The number of thioether (sulfide) groups is 1. The number of amides is 1. The number of hydrogen-bond donors (Lipinski definition) is 2. The van der Waals surface area contributed by atoms with Crippen molar-refractivity contribution in [1.82, 2.24) is 0 Å². The largest absolute Gasteiger partial charge is 0.492 e. The predicted octanol–water partition coefficient (Wildman–Crippen LogP) is 2.10. The first-order chi connectivity index (χ1) is 8.67. The summed E-state index contributed by atoms with van der Waals surface area (Å²) in [6.45, 7) is 5.07. The highest BCUT2D eigenvalue weighted by atomic mass is 32.2. The van der Waals surface area contributed by atoms with Crippen LogP contribution in [0.15, 0.2) is 24.3 Å². The van der Waals surface area contributed by atoms with Crippen LogP contribution in [0.2, 0.25) is 0 Å². The molecule has 0 aliphatic carbocycles. The summed E-state index contributed by atoms with van der Waals surface area (Å²) in [5.74, 6) is 1.07. The van der Waals surface area contributed by atoms with E-state index in [1.807, 2.05) is 38.1 Å². The second-order valence-electron chi connectivity index (χ2n) is 3.83. The van der Waals surface area contributed by atoms with Crippen LogP contribution in [-0.2, 0) is 4.79 Å². The molecule has 0 aromatic heterocycles. The lowest BCUT2D eigenvalue weighted by atomic mass is 10.3. The Labute approximate surface area is 112 Å². The summed E-state index contributed by atoms with van der Waals surface area (Å²) in [7, 11) is 0. The fourth-order valence-corrected chi connectivity index (χ4v) is 1.97. The normalized spacial score (nSPS) is 11.9. The molecule has 100 valence electrons. The first-order valence-corrected chi connectivity index (χ1v) is 7.05. The third kappa shape index (κ3) is 4.98. The summed E-state index contributed by atoms with van der Waals surface area (Å²) in [6, 6.07) is 7.42. The highest BCUT2D eigenvalue weighted by Crippen LogP contribution is 2.23. The predicted molar refractivity (Wildman–Crippen MR) is 77.2 cm³/mol. The van der Waals surface area contributed by atoms with Gasteiger partial charge in [-0.05, 0) is 19.1 Å². The molecular weight excluding hydrogens is 248 g/mol. The minimum atomic E-state index is -0.0348. The van der Waals surface area contributed by atoms with Crippen molar-refractivity contribution in [3.05, 3.63) is 24.3 Å². The van der Waals surface area contributed by atoms with E-state index in [2.05, 4.69) is 5.32 Å². The van der Waals surface area contributed by atoms with Crippen LogP contribution < -0.4 is 15.8 Å². The van der Waals surface area contributed by atoms with Crippen molar-refractivity contribution in [3.63, 3.8) is 0 Å². The molecule has 1 amide bonds. The molecule has 0 radical (unpaired) electrons. The molecule has 0 fully saturated rings. The SMILES string of the molecule is CCOc1ccccc1NC(=O)CSC(C)CN. The van der Waals surface area contributed by atoms with Gasteiger partial charge in [0.15, 0.2) is 0 Å². The lowest BCUT2D eigenvalue weighted by molar-refractivity contribution is -0.113. The summed E-state index contributed by atoms with van der Waals surface area (Å²) in [5, 5.41) is 3.14. The van der Waals surface area contributed by atoms with Gasteiger partial charge in [-0.25, -0.2) is 0 Å². The molecular formula is C13H20N2O2S. The van der Waals surface area contributed by atoms with Crippen LogP contribution in [0.4, 0.5) is 5.69 Å². The van der Waals surface area contributed by atoms with Gasteiger partial charge in [0.1, 0.15) is 5.75 Å². The zero-order valence-corrected chi connectivity index (χ0v) is 11.6. The molecule has 0 aliphatic rings. The van der Waals surface area contributed by atoms with Crippen molar-refractivity contribution >= 4 is 23.4 Å². The quantitative estimate of drug-likeness (QED) is 0.795. The molecule has 4 nitrogen and oxygen atoms in total. The third-order valence-electron chi connectivity index (χ3n) is 2.29. The average Bonchev–Trinajstić information content (AvgIpc) is 2.38. The number of nitrogens with two attached hydrogens (primary N) is 1. The Bertz CT molecular complexity index is 385. The Kier molecular flexibility index (Phi) is 6.60. The maximum Gasteiger partial charge on any atom is 0.234 e. The number of rotatable bonds is 7. The van der Waals surface area contributed by atoms with Crippen LogP contribution in [0.5, 0.6) is 5.75 Å². The Balaban J connectivity index is 2.53. The lowest BCUT2D eigenvalue weighted by Gasteiger charge is -2.12. The van der Waals surface area contributed by atoms with Crippen molar-refractivity contribution in [1.29, 1.82) is 0 Å². The number of nitrogens with one attached hydrogen (secondary N) is 1. The van der Waals surface area contributed by atoms with Crippen LogP contribution in [0.3, 0.4) is 0 Å². The van der Waals surface area contributed by atoms with Gasteiger partial charge in [0.25, 0.3) is 0 Å². The van der Waals surface area contributed by atoms with Crippen LogP contribution in [-0.4, -0.2) is 30.1 Å². The summed E-state index contributed by atoms with van der Waals surface area (Å²) in [5.41, 5.74) is 6.22. The van der Waals surface area contributed by atoms with Gasteiger partial charge in [0, 0.05) is 11.8 Å². The average molecular weight is 268 g/mol. The van der Waals surface area contributed by atoms with Crippen molar-refractivity contribution in [3.8, 4) is 5.75 Å². The van der Waals surface area contributed by atoms with Gasteiger partial charge in [-0.2, -0.15) is 0 Å². The van der Waals surface area contributed by atoms with E-state index in [1.165, 1.54) is 0 Å². The number of ether oxygens (including phenoxy) is 1. The van der Waals surface area contributed by atoms with Gasteiger partial charge in [0.05, 0.1) is 18.0 Å². The van der Waals surface area contributed by atoms with Crippen molar-refractivity contribution in [2.75, 3.05) is 24.2 Å². The van der Waals surface area contributed by atoms with Crippen LogP contribution >= 0.6 is 11.8 Å². The van der Waals surface area contributed by atoms with Crippen molar-refractivity contribution in [2.45, 2.75) is 19.1 Å². The molecule has 0 saturated heterocycles. The van der Waals surface area contributed by atoms with Gasteiger partial charge >= 0.3 is 0 Å². The summed E-state index contributed by atoms with van der Waals surface area (Å²) >= 11 is 1.55. The summed E-state index contributed by atoms with van der Waals surface area (Å²) in [6.07, 6.45) is 0. The maximum atomic E-state index is 11.8. The van der Waals surface area contributed by atoms with Gasteiger partial charge < -0.3 is 15.8 Å². The second kappa shape index (κ2) is 8.00. The van der Waals surface area contributed by atoms with Crippen LogP contribution in [0.1, 0.15) is 13.8 Å². The molecule has 3 N–H and O–H groups in total. The Morgan fingerprint density at radius 1 is 1.50 bits per heavy atom. The van der Waals surface area contributed by atoms with E-state index in [1.54, 1.807) is 11.8 Å². The summed E-state index contributed by atoms with van der Waals surface area (Å²) in [4.78, 5) is 11.8. The molecule has 0 spiro atoms. The van der Waals surface area contributed by atoms with E-state index < -0.39 is 0 Å². The molecule has 1 rings (SSSR count). The molecule has 0 bridgehead atoms. The number of anilines is 1. The Morgan fingerprint density at radius 2 is 2.22 bits per heavy atom. The van der Waals surface area contributed by atoms with E-state index in [0.29, 0.717) is 30.3 Å². The lowest BCUT2D eigenvalue weighted by Crippen LogP contribution is -2.19. The first-order valence-electron chi connectivity index (χ1n) is 6.00. The Hall–Kier alpha value is -1.20. The summed E-state index contributed by atoms with van der Waals surface area (Å²) < 4.78 is 5.44. The fraction of sp³-hybridized carbons (Fsp3) is 0.462. The zero-order chi connectivity index (χ0) is 13.4. The highest BCUT2D eigenvalue weighted by molar-refractivity contribution is 8.00. The molecule has 1 aromatic rings. The van der Waals surface area contributed by atoms with E-state index in [4.69, 9.17) is 10.5 Å². The third-order valence-corrected chi connectivity index (χ3v) is 3.48. The molecule has 1 aromatic carbocycles. The molecule has 0 aliphatic heterocycles. The van der Waals surface area contributed by atoms with Crippen LogP contribution in [0.25, 0.3) is 0 Å². The number of para-hydroxylation sites is 2. The molecule has 1 unspecified atom stereocenters. The topological polar surface area (TPSA) is 64.3 Å². The maximum absolute atomic E-state index is 11.8. The molecule has 1 atom stereocenters. The first kappa shape index (κ1) is 14.9. The number of hydrogen-bond acceptors (Lipinski definition) is 4. The van der Waals surface area contributed by atoms with E-state index in [-0.39, 0.29) is 11.2 Å². The monoisotopic (exact) mass is 268 g/mol. The van der Waals surface area contributed by atoms with Crippen molar-refractivity contribution in [2.24, 2.45) is 5.73 Å². The van der Waals surface area contributed by atoms with Gasteiger partial charge in [0.2, 0.25) is 5.91 Å². The fourth-order valence-electron chi connectivity index (χ4n) is 1.32. The highest BCUT2D eigenvalue weighted by Gasteiger charge is 2.09. The second-order valence-corrected chi connectivity index (χ2v) is 5.26. The number of benzene rings is 1. The minimum absolute atomic E-state index is 0.0348.